The van der Waals surface area contributed by atoms with Crippen LogP contribution in [0.4, 0.5) is 10.3 Å². The van der Waals surface area contributed by atoms with Gasteiger partial charge in [0, 0.05) is 5.56 Å². The Morgan fingerprint density at radius 2 is 1.81 bits per heavy atom. The topological polar surface area (TPSA) is 87.5 Å². The molecule has 1 aliphatic heterocycles. The van der Waals surface area contributed by atoms with Crippen molar-refractivity contribution in [2.75, 3.05) is 19.5 Å². The number of carbonyl (C=O) groups excluding carboxylic acids is 1. The van der Waals surface area contributed by atoms with E-state index in [1.54, 1.807) is 35.0 Å². The predicted octanol–water partition coefficient (Wildman–Crippen LogP) is 4.60. The maximum absolute atomic E-state index is 14.0. The van der Waals surface area contributed by atoms with E-state index in [4.69, 9.17) is 14.2 Å². The van der Waals surface area contributed by atoms with Crippen LogP contribution in [-0.2, 0) is 16.1 Å². The first-order valence-corrected chi connectivity index (χ1v) is 11.2. The minimum atomic E-state index is -0.652. The zero-order valence-electron chi connectivity index (χ0n) is 19.6. The fourth-order valence-corrected chi connectivity index (χ4v) is 4.18. The van der Waals surface area contributed by atoms with Crippen LogP contribution in [-0.4, -0.2) is 35.0 Å². The third-order valence-corrected chi connectivity index (χ3v) is 5.91. The molecule has 0 bridgehead atoms. The molecule has 0 saturated carbocycles. The summed E-state index contributed by atoms with van der Waals surface area (Å²) in [5.74, 6) is 0.484. The number of hydrogen-bond donors (Lipinski definition) is 1. The van der Waals surface area contributed by atoms with Gasteiger partial charge in [-0.1, -0.05) is 54.6 Å². The molecule has 0 amide bonds. The maximum atomic E-state index is 14.0. The van der Waals surface area contributed by atoms with E-state index in [2.05, 4.69) is 15.4 Å². The molecule has 36 heavy (non-hydrogen) atoms. The van der Waals surface area contributed by atoms with Crippen molar-refractivity contribution in [3.8, 4) is 11.5 Å². The predicted molar refractivity (Wildman–Crippen MR) is 131 cm³/mol. The molecule has 0 fully saturated rings. The molecule has 0 saturated heterocycles. The van der Waals surface area contributed by atoms with Gasteiger partial charge >= 0.3 is 5.97 Å². The summed E-state index contributed by atoms with van der Waals surface area (Å²) in [5, 5.41) is 7.58. The molecular weight excluding hydrogens is 463 g/mol. The average molecular weight is 487 g/mol. The Balaban J connectivity index is 1.58. The van der Waals surface area contributed by atoms with Gasteiger partial charge in [-0.25, -0.2) is 13.9 Å². The highest BCUT2D eigenvalue weighted by molar-refractivity contribution is 6.02. The molecule has 182 valence electrons. The summed E-state index contributed by atoms with van der Waals surface area (Å²) in [6.07, 6.45) is 1.42. The fourth-order valence-electron chi connectivity index (χ4n) is 4.18. The number of aromatic nitrogens is 3. The third kappa shape index (κ3) is 4.26. The van der Waals surface area contributed by atoms with E-state index in [9.17, 15) is 9.18 Å². The summed E-state index contributed by atoms with van der Waals surface area (Å²) in [4.78, 5) is 17.4. The molecule has 0 radical (unpaired) electrons. The molecule has 8 nitrogen and oxygen atoms in total. The quantitative estimate of drug-likeness (QED) is 0.382. The standard InChI is InChI=1S/C27H23FN4O4/c1-34-22-14-18(12-13-21(22)36-15-19-10-6-7-11-20(19)28)25-23(26(33)35-2)24(17-8-4-3-5-9-17)31-27-29-16-30-32(25)27/h3-14,16,25H,15H2,1-2H3,(H,29,30,31)/t25-/m0/s1. The second-order valence-corrected chi connectivity index (χ2v) is 7.99. The number of nitrogens with zero attached hydrogens (tertiary/aromatic N) is 3. The van der Waals surface area contributed by atoms with E-state index >= 15 is 0 Å². The smallest absolute Gasteiger partial charge is 0.338 e. The molecule has 0 unspecified atom stereocenters. The summed E-state index contributed by atoms with van der Waals surface area (Å²) in [6.45, 7) is 0.0361. The SMILES string of the molecule is COC(=O)C1=C(c2ccccc2)Nc2ncnn2[C@H]1c1ccc(OCc2ccccc2F)c(OC)c1. The summed E-state index contributed by atoms with van der Waals surface area (Å²) in [5.41, 5.74) is 2.87. The largest absolute Gasteiger partial charge is 0.493 e. The number of rotatable bonds is 7. The monoisotopic (exact) mass is 486 g/mol. The number of nitrogens with one attached hydrogen (secondary N) is 1. The van der Waals surface area contributed by atoms with Crippen molar-refractivity contribution in [1.29, 1.82) is 0 Å². The van der Waals surface area contributed by atoms with E-state index in [1.165, 1.54) is 26.6 Å². The zero-order valence-corrected chi connectivity index (χ0v) is 19.6. The van der Waals surface area contributed by atoms with Gasteiger partial charge in [-0.15, -0.1) is 0 Å². The zero-order chi connectivity index (χ0) is 25.1. The van der Waals surface area contributed by atoms with Crippen LogP contribution in [0.3, 0.4) is 0 Å². The van der Waals surface area contributed by atoms with Crippen molar-refractivity contribution >= 4 is 17.6 Å². The van der Waals surface area contributed by atoms with Crippen molar-refractivity contribution in [3.63, 3.8) is 0 Å². The molecule has 5 rings (SSSR count). The van der Waals surface area contributed by atoms with Gasteiger partial charge in [0.2, 0.25) is 5.95 Å². The minimum Gasteiger partial charge on any atom is -0.493 e. The summed E-state index contributed by atoms with van der Waals surface area (Å²) in [7, 11) is 2.86. The van der Waals surface area contributed by atoms with Crippen LogP contribution in [0, 0.1) is 5.82 Å². The molecule has 1 aromatic heterocycles. The van der Waals surface area contributed by atoms with Crippen molar-refractivity contribution in [3.05, 3.63) is 107 Å². The van der Waals surface area contributed by atoms with Crippen molar-refractivity contribution in [1.82, 2.24) is 14.8 Å². The first-order chi connectivity index (χ1) is 17.6. The van der Waals surface area contributed by atoms with Gasteiger partial charge in [-0.3, -0.25) is 0 Å². The Morgan fingerprint density at radius 1 is 1.03 bits per heavy atom. The number of halogens is 1. The van der Waals surface area contributed by atoms with Gasteiger partial charge in [0.05, 0.1) is 25.5 Å². The lowest BCUT2D eigenvalue weighted by Crippen LogP contribution is -2.29. The van der Waals surface area contributed by atoms with E-state index in [0.717, 1.165) is 5.56 Å². The van der Waals surface area contributed by atoms with Crippen LogP contribution in [0.25, 0.3) is 5.70 Å². The Labute approximate surface area is 207 Å². The van der Waals surface area contributed by atoms with Crippen LogP contribution in [0.5, 0.6) is 11.5 Å². The highest BCUT2D eigenvalue weighted by atomic mass is 19.1. The molecule has 9 heteroatoms. The normalized spacial score (nSPS) is 14.6. The molecule has 0 spiro atoms. The third-order valence-electron chi connectivity index (χ3n) is 5.91. The number of carbonyl (C=O) groups is 1. The molecule has 1 N–H and O–H groups in total. The van der Waals surface area contributed by atoms with Crippen LogP contribution < -0.4 is 14.8 Å². The molecule has 2 heterocycles. The van der Waals surface area contributed by atoms with Crippen LogP contribution in [0.15, 0.2) is 84.7 Å². The number of hydrogen-bond acceptors (Lipinski definition) is 7. The number of methoxy groups -OCH3 is 2. The second-order valence-electron chi connectivity index (χ2n) is 7.99. The summed E-state index contributed by atoms with van der Waals surface area (Å²) in [6, 6.07) is 20.5. The lowest BCUT2D eigenvalue weighted by Gasteiger charge is -2.29. The second kappa shape index (κ2) is 9.91. The molecule has 1 aliphatic rings. The van der Waals surface area contributed by atoms with E-state index in [0.29, 0.717) is 39.8 Å². The number of esters is 1. The highest BCUT2D eigenvalue weighted by Gasteiger charge is 2.36. The van der Waals surface area contributed by atoms with Crippen molar-refractivity contribution in [2.24, 2.45) is 0 Å². The number of benzene rings is 3. The van der Waals surface area contributed by atoms with Gasteiger partial charge in [-0.05, 0) is 29.3 Å². The Morgan fingerprint density at radius 3 is 2.56 bits per heavy atom. The lowest BCUT2D eigenvalue weighted by molar-refractivity contribution is -0.136. The Bertz CT molecular complexity index is 1430. The number of ether oxygens (including phenoxy) is 3. The van der Waals surface area contributed by atoms with Crippen LogP contribution >= 0.6 is 0 Å². The van der Waals surface area contributed by atoms with Gasteiger partial charge in [0.25, 0.3) is 0 Å². The first-order valence-electron chi connectivity index (χ1n) is 11.2. The van der Waals surface area contributed by atoms with Crippen molar-refractivity contribution in [2.45, 2.75) is 12.6 Å². The highest BCUT2D eigenvalue weighted by Crippen LogP contribution is 2.41. The molecule has 0 aliphatic carbocycles. The molecule has 4 aromatic rings. The first kappa shape index (κ1) is 23.1. The van der Waals surface area contributed by atoms with Gasteiger partial charge in [0.15, 0.2) is 11.5 Å². The van der Waals surface area contributed by atoms with Crippen LogP contribution in [0.1, 0.15) is 22.7 Å². The number of anilines is 1. The Kier molecular flexibility index (Phi) is 6.36. The fraction of sp³-hybridized carbons (Fsp3) is 0.148. The minimum absolute atomic E-state index is 0.0361. The van der Waals surface area contributed by atoms with Crippen LogP contribution in [0.2, 0.25) is 0 Å². The Hall–Kier alpha value is -4.66. The molecule has 1 atom stereocenters. The summed E-state index contributed by atoms with van der Waals surface area (Å²) < 4.78 is 32.3. The molecular formula is C27H23FN4O4. The van der Waals surface area contributed by atoms with Gasteiger partial charge < -0.3 is 19.5 Å². The maximum Gasteiger partial charge on any atom is 0.338 e. The summed E-state index contributed by atoms with van der Waals surface area (Å²) >= 11 is 0. The van der Waals surface area contributed by atoms with E-state index in [-0.39, 0.29) is 12.4 Å². The molecule has 3 aromatic carbocycles. The van der Waals surface area contributed by atoms with E-state index < -0.39 is 12.0 Å². The van der Waals surface area contributed by atoms with Gasteiger partial charge in [0.1, 0.15) is 24.8 Å². The number of fused-ring (bicyclic) bond motifs is 1. The average Bonchev–Trinajstić information content (AvgIpc) is 3.40. The lowest BCUT2D eigenvalue weighted by atomic mass is 9.92. The van der Waals surface area contributed by atoms with Crippen molar-refractivity contribution < 1.29 is 23.4 Å². The van der Waals surface area contributed by atoms with Gasteiger partial charge in [-0.2, -0.15) is 10.1 Å². The van der Waals surface area contributed by atoms with E-state index in [1.807, 2.05) is 36.4 Å².